The van der Waals surface area contributed by atoms with Gasteiger partial charge in [0.15, 0.2) is 0 Å². The second-order valence-electron chi connectivity index (χ2n) is 11.7. The minimum absolute atomic E-state index is 0.0503. The van der Waals surface area contributed by atoms with E-state index in [-0.39, 0.29) is 11.7 Å². The quantitative estimate of drug-likeness (QED) is 0.427. The molecular weight excluding hydrogens is 462 g/mol. The normalized spacial score (nSPS) is 14.1. The number of ether oxygens (including phenoxy) is 1. The summed E-state index contributed by atoms with van der Waals surface area (Å²) in [7, 11) is 0. The average molecular weight is 508 g/mol. The molecule has 0 aromatic heterocycles. The maximum atomic E-state index is 14.1. The summed E-state index contributed by atoms with van der Waals surface area (Å²) in [5, 5.41) is 5.73. The summed E-state index contributed by atoms with van der Waals surface area (Å²) in [5.41, 5.74) is 0.665. The van der Waals surface area contributed by atoms with Crippen LogP contribution >= 0.6 is 12.6 Å². The van der Waals surface area contributed by atoms with Gasteiger partial charge in [0.1, 0.15) is 17.7 Å². The third-order valence-corrected chi connectivity index (χ3v) is 6.11. The number of aryl methyl sites for hydroxylation is 2. The lowest BCUT2D eigenvalue weighted by molar-refractivity contribution is -0.149. The highest BCUT2D eigenvalue weighted by atomic mass is 32.1. The number of amides is 3. The van der Waals surface area contributed by atoms with E-state index < -0.39 is 40.8 Å². The van der Waals surface area contributed by atoms with Crippen LogP contribution in [0.15, 0.2) is 18.2 Å². The smallest absolute Gasteiger partial charge is 0.408 e. The molecule has 1 rings (SSSR count). The molecule has 198 valence electrons. The predicted octanol–water partition coefficient (Wildman–Crippen LogP) is 5.10. The summed E-state index contributed by atoms with van der Waals surface area (Å²) in [4.78, 5) is 42.1. The van der Waals surface area contributed by atoms with Crippen molar-refractivity contribution in [1.82, 2.24) is 15.5 Å². The van der Waals surface area contributed by atoms with Gasteiger partial charge in [-0.25, -0.2) is 4.79 Å². The first kappa shape index (κ1) is 30.8. The number of thiol groups is 1. The van der Waals surface area contributed by atoms with Crippen LogP contribution in [0.2, 0.25) is 0 Å². The molecule has 0 bridgehead atoms. The Morgan fingerprint density at radius 2 is 1.51 bits per heavy atom. The van der Waals surface area contributed by atoms with Crippen molar-refractivity contribution >= 4 is 30.5 Å². The highest BCUT2D eigenvalue weighted by molar-refractivity contribution is 7.80. The predicted molar refractivity (Wildman–Crippen MR) is 145 cm³/mol. The zero-order valence-electron chi connectivity index (χ0n) is 23.3. The lowest BCUT2D eigenvalue weighted by Crippen LogP contribution is -2.61. The van der Waals surface area contributed by atoms with E-state index in [2.05, 4.69) is 23.3 Å². The standard InChI is InChI=1S/C27H45N3O4S/c1-12-27(10,11)30(23(32)19(16-35)28-24(33)34-26(7,8)9)21(22(31)29-25(4,5)6)20-17(2)14-13-15-18(20)3/h13-15,19,21,35H,12,16H2,1-11H3,(H,28,33)(H,29,31). The molecule has 0 saturated carbocycles. The molecule has 0 fully saturated rings. The topological polar surface area (TPSA) is 87.7 Å². The van der Waals surface area contributed by atoms with Gasteiger partial charge in [0, 0.05) is 16.8 Å². The maximum Gasteiger partial charge on any atom is 0.408 e. The molecule has 7 nitrogen and oxygen atoms in total. The highest BCUT2D eigenvalue weighted by Crippen LogP contribution is 2.35. The number of carbonyl (C=O) groups excluding carboxylic acids is 3. The van der Waals surface area contributed by atoms with E-state index in [0.29, 0.717) is 6.42 Å². The molecule has 0 spiro atoms. The summed E-state index contributed by atoms with van der Waals surface area (Å²) in [6, 6.07) is 3.94. The number of hydrogen-bond acceptors (Lipinski definition) is 5. The van der Waals surface area contributed by atoms with Gasteiger partial charge in [-0.15, -0.1) is 0 Å². The summed E-state index contributed by atoms with van der Waals surface area (Å²) in [6.45, 7) is 20.7. The van der Waals surface area contributed by atoms with E-state index in [1.165, 1.54) is 0 Å². The van der Waals surface area contributed by atoms with Crippen LogP contribution in [0.25, 0.3) is 0 Å². The molecule has 0 heterocycles. The van der Waals surface area contributed by atoms with Gasteiger partial charge in [0.2, 0.25) is 11.8 Å². The van der Waals surface area contributed by atoms with Gasteiger partial charge in [-0.05, 0) is 92.3 Å². The van der Waals surface area contributed by atoms with Crippen LogP contribution in [0.5, 0.6) is 0 Å². The molecule has 2 atom stereocenters. The number of hydrogen-bond donors (Lipinski definition) is 3. The summed E-state index contributed by atoms with van der Waals surface area (Å²) < 4.78 is 5.37. The first-order valence-electron chi connectivity index (χ1n) is 12.2. The zero-order valence-corrected chi connectivity index (χ0v) is 24.2. The Balaban J connectivity index is 3.70. The highest BCUT2D eigenvalue weighted by Gasteiger charge is 2.44. The monoisotopic (exact) mass is 507 g/mol. The molecule has 0 aliphatic heterocycles. The van der Waals surface area contributed by atoms with Crippen LogP contribution < -0.4 is 10.6 Å². The van der Waals surface area contributed by atoms with Crippen LogP contribution in [0, 0.1) is 13.8 Å². The van der Waals surface area contributed by atoms with Gasteiger partial charge < -0.3 is 20.3 Å². The maximum absolute atomic E-state index is 14.1. The molecule has 0 aliphatic carbocycles. The Labute approximate surface area is 217 Å². The van der Waals surface area contributed by atoms with Crippen molar-refractivity contribution in [1.29, 1.82) is 0 Å². The average Bonchev–Trinajstić information content (AvgIpc) is 2.67. The van der Waals surface area contributed by atoms with Crippen LogP contribution in [-0.4, -0.2) is 51.3 Å². The minimum atomic E-state index is -0.978. The molecule has 1 aromatic rings. The van der Waals surface area contributed by atoms with Gasteiger partial charge in [0.25, 0.3) is 0 Å². The van der Waals surface area contributed by atoms with E-state index >= 15 is 0 Å². The second-order valence-corrected chi connectivity index (χ2v) is 12.1. The van der Waals surface area contributed by atoms with Gasteiger partial charge in [-0.1, -0.05) is 25.1 Å². The molecule has 2 N–H and O–H groups in total. The minimum Gasteiger partial charge on any atom is -0.444 e. The Morgan fingerprint density at radius 3 is 1.91 bits per heavy atom. The van der Waals surface area contributed by atoms with Crippen molar-refractivity contribution in [2.45, 2.75) is 111 Å². The van der Waals surface area contributed by atoms with Crippen molar-refractivity contribution in [3.05, 3.63) is 34.9 Å². The van der Waals surface area contributed by atoms with E-state index in [4.69, 9.17) is 4.74 Å². The largest absolute Gasteiger partial charge is 0.444 e. The Hall–Kier alpha value is -2.22. The fraction of sp³-hybridized carbons (Fsp3) is 0.667. The van der Waals surface area contributed by atoms with Crippen molar-refractivity contribution in [2.24, 2.45) is 0 Å². The molecular formula is C27H45N3O4S. The number of alkyl carbamates (subject to hydrolysis) is 1. The van der Waals surface area contributed by atoms with Gasteiger partial charge >= 0.3 is 6.09 Å². The van der Waals surface area contributed by atoms with E-state index in [9.17, 15) is 14.4 Å². The van der Waals surface area contributed by atoms with Crippen molar-refractivity contribution in [3.63, 3.8) is 0 Å². The van der Waals surface area contributed by atoms with Gasteiger partial charge in [0.05, 0.1) is 0 Å². The molecule has 8 heteroatoms. The van der Waals surface area contributed by atoms with Gasteiger partial charge in [-0.2, -0.15) is 12.6 Å². The zero-order chi connectivity index (χ0) is 27.4. The van der Waals surface area contributed by atoms with Crippen molar-refractivity contribution < 1.29 is 19.1 Å². The molecule has 35 heavy (non-hydrogen) atoms. The van der Waals surface area contributed by atoms with Crippen LogP contribution in [0.4, 0.5) is 4.79 Å². The van der Waals surface area contributed by atoms with Crippen LogP contribution in [-0.2, 0) is 14.3 Å². The number of nitrogens with zero attached hydrogens (tertiary/aromatic N) is 1. The van der Waals surface area contributed by atoms with Crippen LogP contribution in [0.1, 0.15) is 91.5 Å². The Kier molecular flexibility index (Phi) is 10.3. The summed E-state index contributed by atoms with van der Waals surface area (Å²) in [6.07, 6.45) is -0.115. The molecule has 2 unspecified atom stereocenters. The second kappa shape index (κ2) is 11.7. The lowest BCUT2D eigenvalue weighted by atomic mass is 9.88. The molecule has 3 amide bonds. The molecule has 0 aliphatic rings. The number of nitrogens with one attached hydrogen (secondary N) is 2. The summed E-state index contributed by atoms with van der Waals surface area (Å²) in [5.74, 6) is -0.622. The summed E-state index contributed by atoms with van der Waals surface area (Å²) >= 11 is 4.36. The van der Waals surface area contributed by atoms with Crippen molar-refractivity contribution in [3.8, 4) is 0 Å². The molecule has 0 saturated heterocycles. The number of rotatable bonds is 8. The lowest BCUT2D eigenvalue weighted by Gasteiger charge is -2.45. The first-order valence-corrected chi connectivity index (χ1v) is 12.8. The molecule has 0 radical (unpaired) electrons. The van der Waals surface area contributed by atoms with Crippen molar-refractivity contribution in [2.75, 3.05) is 5.75 Å². The third kappa shape index (κ3) is 8.74. The number of benzene rings is 1. The van der Waals surface area contributed by atoms with Gasteiger partial charge in [-0.3, -0.25) is 9.59 Å². The Bertz CT molecular complexity index is 896. The fourth-order valence-electron chi connectivity index (χ4n) is 3.82. The van der Waals surface area contributed by atoms with E-state index in [0.717, 1.165) is 16.7 Å². The SMILES string of the molecule is CCC(C)(C)N(C(=O)C(CS)NC(=O)OC(C)(C)C)C(C(=O)NC(C)(C)C)c1c(C)cccc1C. The molecule has 1 aromatic carbocycles. The Morgan fingerprint density at radius 1 is 1.00 bits per heavy atom. The van der Waals surface area contributed by atoms with Crippen LogP contribution in [0.3, 0.4) is 0 Å². The van der Waals surface area contributed by atoms with E-state index in [1.54, 1.807) is 25.7 Å². The van der Waals surface area contributed by atoms with E-state index in [1.807, 2.05) is 73.6 Å². The first-order chi connectivity index (χ1) is 15.8. The fourth-order valence-corrected chi connectivity index (χ4v) is 4.07. The third-order valence-electron chi connectivity index (χ3n) is 5.75. The number of carbonyl (C=O) groups is 3.